The summed E-state index contributed by atoms with van der Waals surface area (Å²) in [5.41, 5.74) is -0.169. The van der Waals surface area contributed by atoms with Crippen LogP contribution in [0, 0.1) is 0 Å². The molecule has 0 fully saturated rings. The molecule has 0 bridgehead atoms. The number of hydrogen-bond donors (Lipinski definition) is 2. The molecule has 0 saturated heterocycles. The average Bonchev–Trinajstić information content (AvgIpc) is 2.44. The maximum Gasteiger partial charge on any atom is 0.338 e. The maximum atomic E-state index is 11.9. The van der Waals surface area contributed by atoms with Gasteiger partial charge in [0.1, 0.15) is 5.69 Å². The predicted octanol–water partition coefficient (Wildman–Crippen LogP) is 0.0878. The van der Waals surface area contributed by atoms with Crippen molar-refractivity contribution in [3.8, 4) is 0 Å². The molecule has 1 rings (SSSR count). The Kier molecular flexibility index (Phi) is 6.61. The number of carboxylic acids is 1. The Labute approximate surface area is 117 Å². The van der Waals surface area contributed by atoms with Gasteiger partial charge in [0.15, 0.2) is 0 Å². The second-order valence-electron chi connectivity index (χ2n) is 4.26. The second-order valence-corrected chi connectivity index (χ2v) is 4.26. The van der Waals surface area contributed by atoms with Crippen LogP contribution >= 0.6 is 0 Å². The molecule has 0 aromatic carbocycles. The van der Waals surface area contributed by atoms with E-state index in [9.17, 15) is 9.59 Å². The molecule has 0 aliphatic carbocycles. The normalized spacial score (nSPS) is 10.6. The van der Waals surface area contributed by atoms with Crippen molar-refractivity contribution in [3.63, 3.8) is 0 Å². The van der Waals surface area contributed by atoms with Gasteiger partial charge in [-0.15, -0.1) is 0 Å². The number of hydrogen-bond acceptors (Lipinski definition) is 5. The van der Waals surface area contributed by atoms with Gasteiger partial charge in [-0.2, -0.15) is 0 Å². The number of amides is 1. The molecule has 7 nitrogen and oxygen atoms in total. The molecule has 0 aliphatic rings. The number of aromatic carboxylic acids is 1. The molecule has 1 aromatic rings. The Balaban J connectivity index is 2.49. The number of likely N-dealkylation sites (N-methyl/N-ethyl adjacent to an activating group) is 1. The number of rotatable bonds is 8. The molecule has 1 aromatic heterocycles. The van der Waals surface area contributed by atoms with E-state index in [0.717, 1.165) is 6.54 Å². The number of carbonyl (C=O) groups is 2. The fraction of sp³-hybridized carbons (Fsp3) is 0.462. The van der Waals surface area contributed by atoms with E-state index in [0.29, 0.717) is 19.7 Å². The lowest BCUT2D eigenvalue weighted by atomic mass is 10.2. The smallest absolute Gasteiger partial charge is 0.338 e. The Morgan fingerprint density at radius 1 is 1.45 bits per heavy atom. The summed E-state index contributed by atoms with van der Waals surface area (Å²) in [6.07, 6.45) is 1.39. The number of carboxylic acid groups (broad SMARTS) is 1. The third kappa shape index (κ3) is 4.94. The van der Waals surface area contributed by atoms with E-state index >= 15 is 0 Å². The summed E-state index contributed by atoms with van der Waals surface area (Å²) in [6.45, 7) is 2.43. The molecule has 0 spiro atoms. The van der Waals surface area contributed by atoms with E-state index < -0.39 is 11.9 Å². The van der Waals surface area contributed by atoms with Crippen molar-refractivity contribution >= 4 is 11.9 Å². The van der Waals surface area contributed by atoms with E-state index in [1.54, 1.807) is 7.11 Å². The van der Waals surface area contributed by atoms with Crippen LogP contribution in [0.15, 0.2) is 18.3 Å². The number of nitrogens with zero attached hydrogens (tertiary/aromatic N) is 2. The molecular weight excluding hydrogens is 262 g/mol. The van der Waals surface area contributed by atoms with Gasteiger partial charge in [-0.25, -0.2) is 4.79 Å². The van der Waals surface area contributed by atoms with Gasteiger partial charge in [0.25, 0.3) is 5.91 Å². The van der Waals surface area contributed by atoms with E-state index in [-0.39, 0.29) is 11.3 Å². The van der Waals surface area contributed by atoms with E-state index in [4.69, 9.17) is 9.84 Å². The van der Waals surface area contributed by atoms with E-state index in [1.165, 1.54) is 18.3 Å². The van der Waals surface area contributed by atoms with Gasteiger partial charge in [0.2, 0.25) is 0 Å². The van der Waals surface area contributed by atoms with Crippen molar-refractivity contribution in [1.82, 2.24) is 15.2 Å². The lowest BCUT2D eigenvalue weighted by Gasteiger charge is -2.16. The van der Waals surface area contributed by atoms with Gasteiger partial charge in [0.05, 0.1) is 12.2 Å². The minimum atomic E-state index is -1.17. The quantitative estimate of drug-likeness (QED) is 0.701. The standard InChI is InChI=1S/C13H19N3O4/c1-16(8-9-20-2)7-6-15-12(17)11-10(13(18)19)4-3-5-14-11/h3-5H,6-9H2,1-2H3,(H,15,17)(H,18,19). The van der Waals surface area contributed by atoms with Gasteiger partial charge in [-0.1, -0.05) is 0 Å². The highest BCUT2D eigenvalue weighted by molar-refractivity contribution is 6.03. The first-order valence-corrected chi connectivity index (χ1v) is 6.20. The zero-order valence-electron chi connectivity index (χ0n) is 11.6. The molecule has 1 heterocycles. The summed E-state index contributed by atoms with van der Waals surface area (Å²) in [5, 5.41) is 11.6. The first-order valence-electron chi connectivity index (χ1n) is 6.20. The SMILES string of the molecule is COCCN(C)CCNC(=O)c1ncccc1C(=O)O. The monoisotopic (exact) mass is 281 g/mol. The largest absolute Gasteiger partial charge is 0.478 e. The van der Waals surface area contributed by atoms with Crippen LogP contribution < -0.4 is 5.32 Å². The van der Waals surface area contributed by atoms with Crippen LogP contribution in [-0.4, -0.2) is 67.3 Å². The van der Waals surface area contributed by atoms with Crippen molar-refractivity contribution in [3.05, 3.63) is 29.6 Å². The number of ether oxygens (including phenoxy) is 1. The van der Waals surface area contributed by atoms with Crippen LogP contribution in [0.3, 0.4) is 0 Å². The third-order valence-electron chi connectivity index (χ3n) is 2.71. The maximum absolute atomic E-state index is 11.9. The van der Waals surface area contributed by atoms with Crippen LogP contribution in [0.5, 0.6) is 0 Å². The summed E-state index contributed by atoms with van der Waals surface area (Å²) >= 11 is 0. The summed E-state index contributed by atoms with van der Waals surface area (Å²) in [6, 6.07) is 2.84. The molecule has 0 radical (unpaired) electrons. The minimum Gasteiger partial charge on any atom is -0.478 e. The molecule has 0 aliphatic heterocycles. The first-order chi connectivity index (χ1) is 9.56. The third-order valence-corrected chi connectivity index (χ3v) is 2.71. The Hall–Kier alpha value is -1.99. The first kappa shape index (κ1) is 16.1. The van der Waals surface area contributed by atoms with Crippen molar-refractivity contribution < 1.29 is 19.4 Å². The zero-order chi connectivity index (χ0) is 15.0. The van der Waals surface area contributed by atoms with E-state index in [2.05, 4.69) is 10.3 Å². The highest BCUT2D eigenvalue weighted by atomic mass is 16.5. The molecular formula is C13H19N3O4. The van der Waals surface area contributed by atoms with Gasteiger partial charge < -0.3 is 20.1 Å². The highest BCUT2D eigenvalue weighted by Crippen LogP contribution is 2.04. The Morgan fingerprint density at radius 2 is 2.20 bits per heavy atom. The fourth-order valence-corrected chi connectivity index (χ4v) is 1.56. The topological polar surface area (TPSA) is 91.8 Å². The summed E-state index contributed by atoms with van der Waals surface area (Å²) < 4.78 is 4.95. The van der Waals surface area contributed by atoms with Crippen molar-refractivity contribution in [2.24, 2.45) is 0 Å². The van der Waals surface area contributed by atoms with Gasteiger partial charge in [-0.3, -0.25) is 9.78 Å². The van der Waals surface area contributed by atoms with Crippen LogP contribution in [-0.2, 0) is 4.74 Å². The summed E-state index contributed by atoms with van der Waals surface area (Å²) in [5.74, 6) is -1.65. The molecule has 1 amide bonds. The Bertz CT molecular complexity index is 465. The van der Waals surface area contributed by atoms with Crippen LogP contribution in [0.2, 0.25) is 0 Å². The zero-order valence-corrected chi connectivity index (χ0v) is 11.6. The lowest BCUT2D eigenvalue weighted by Crippen LogP contribution is -2.35. The van der Waals surface area contributed by atoms with Crippen LogP contribution in [0.25, 0.3) is 0 Å². The highest BCUT2D eigenvalue weighted by Gasteiger charge is 2.17. The average molecular weight is 281 g/mol. The van der Waals surface area contributed by atoms with Crippen molar-refractivity contribution in [2.75, 3.05) is 40.4 Å². The number of nitrogens with one attached hydrogen (secondary N) is 1. The Morgan fingerprint density at radius 3 is 2.85 bits per heavy atom. The molecule has 7 heteroatoms. The number of aromatic nitrogens is 1. The summed E-state index contributed by atoms with van der Waals surface area (Å²) in [7, 11) is 3.54. The van der Waals surface area contributed by atoms with Crippen LogP contribution in [0.4, 0.5) is 0 Å². The van der Waals surface area contributed by atoms with Crippen molar-refractivity contribution in [2.45, 2.75) is 0 Å². The number of pyridine rings is 1. The molecule has 0 unspecified atom stereocenters. The molecule has 20 heavy (non-hydrogen) atoms. The number of carbonyl (C=O) groups excluding carboxylic acids is 1. The van der Waals surface area contributed by atoms with Gasteiger partial charge >= 0.3 is 5.97 Å². The lowest BCUT2D eigenvalue weighted by molar-refractivity contribution is 0.0690. The van der Waals surface area contributed by atoms with Crippen LogP contribution in [0.1, 0.15) is 20.8 Å². The van der Waals surface area contributed by atoms with Crippen molar-refractivity contribution in [1.29, 1.82) is 0 Å². The molecule has 0 atom stereocenters. The second kappa shape index (κ2) is 8.23. The molecule has 110 valence electrons. The van der Waals surface area contributed by atoms with Gasteiger partial charge in [0, 0.05) is 32.9 Å². The van der Waals surface area contributed by atoms with Gasteiger partial charge in [-0.05, 0) is 19.2 Å². The summed E-state index contributed by atoms with van der Waals surface area (Å²) in [4.78, 5) is 28.7. The van der Waals surface area contributed by atoms with E-state index in [1.807, 2.05) is 11.9 Å². The number of methoxy groups -OCH3 is 1. The molecule has 0 saturated carbocycles. The minimum absolute atomic E-state index is 0.0699. The molecule has 2 N–H and O–H groups in total. The fourth-order valence-electron chi connectivity index (χ4n) is 1.56. The predicted molar refractivity (Wildman–Crippen MR) is 72.9 cm³/mol.